The van der Waals surface area contributed by atoms with Gasteiger partial charge in [-0.05, 0) is 44.9 Å². The largest absolute Gasteiger partial charge is 0.490 e. The summed E-state index contributed by atoms with van der Waals surface area (Å²) in [6.45, 7) is 10.3. The number of urea groups is 1. The summed E-state index contributed by atoms with van der Waals surface area (Å²) in [5.74, 6) is -0.120. The van der Waals surface area contributed by atoms with Crippen LogP contribution in [0.2, 0.25) is 0 Å². The van der Waals surface area contributed by atoms with Crippen molar-refractivity contribution in [2.75, 3.05) is 19.8 Å². The van der Waals surface area contributed by atoms with Crippen LogP contribution in [0.3, 0.4) is 0 Å². The highest BCUT2D eigenvalue weighted by atomic mass is 16.5. The van der Waals surface area contributed by atoms with Crippen molar-refractivity contribution in [1.29, 1.82) is 0 Å². The van der Waals surface area contributed by atoms with E-state index in [1.165, 1.54) is 19.1 Å². The van der Waals surface area contributed by atoms with Gasteiger partial charge in [0.05, 0.1) is 18.8 Å². The number of carbonyl (C=O) groups is 3. The molecule has 0 aliphatic carbocycles. The Bertz CT molecular complexity index is 660. The van der Waals surface area contributed by atoms with E-state index in [-0.39, 0.29) is 5.56 Å². The van der Waals surface area contributed by atoms with Gasteiger partial charge in [-0.3, -0.25) is 10.1 Å². The van der Waals surface area contributed by atoms with Crippen molar-refractivity contribution in [2.24, 2.45) is 5.92 Å². The minimum absolute atomic E-state index is 0.216. The number of esters is 1. The number of imide groups is 1. The predicted octanol–water partition coefficient (Wildman–Crippen LogP) is 2.51. The van der Waals surface area contributed by atoms with Crippen LogP contribution in [0.4, 0.5) is 4.79 Å². The first-order chi connectivity index (χ1) is 12.8. The fraction of sp³-hybridized carbons (Fsp3) is 0.526. The van der Waals surface area contributed by atoms with Gasteiger partial charge in [0.1, 0.15) is 0 Å². The van der Waals surface area contributed by atoms with Crippen LogP contribution in [0.25, 0.3) is 0 Å². The molecule has 0 heterocycles. The molecule has 0 aliphatic rings. The van der Waals surface area contributed by atoms with Crippen molar-refractivity contribution in [3.63, 3.8) is 0 Å². The maximum Gasteiger partial charge on any atom is 0.339 e. The fourth-order valence-corrected chi connectivity index (χ4v) is 1.98. The van der Waals surface area contributed by atoms with Crippen LogP contribution in [0.5, 0.6) is 11.5 Å². The zero-order valence-electron chi connectivity index (χ0n) is 16.5. The van der Waals surface area contributed by atoms with Gasteiger partial charge in [0.25, 0.3) is 5.91 Å². The second-order valence-corrected chi connectivity index (χ2v) is 6.20. The van der Waals surface area contributed by atoms with E-state index in [2.05, 4.69) is 10.6 Å². The molecule has 0 aromatic heterocycles. The number of hydrogen-bond acceptors (Lipinski definition) is 6. The Labute approximate surface area is 159 Å². The maximum atomic E-state index is 12.3. The molecular weight excluding hydrogens is 352 g/mol. The molecule has 150 valence electrons. The molecule has 2 N–H and O–H groups in total. The highest BCUT2D eigenvalue weighted by molar-refractivity contribution is 5.98. The Morgan fingerprint density at radius 2 is 1.74 bits per heavy atom. The molecule has 0 saturated carbocycles. The molecule has 0 spiro atoms. The quantitative estimate of drug-likeness (QED) is 0.638. The summed E-state index contributed by atoms with van der Waals surface area (Å²) in [6.07, 6.45) is -1.13. The van der Waals surface area contributed by atoms with E-state index in [4.69, 9.17) is 14.2 Å². The molecule has 1 atom stereocenters. The molecule has 3 amide bonds. The first kappa shape index (κ1) is 22.3. The predicted molar refractivity (Wildman–Crippen MR) is 100 cm³/mol. The van der Waals surface area contributed by atoms with E-state index in [0.717, 1.165) is 0 Å². The summed E-state index contributed by atoms with van der Waals surface area (Å²) in [7, 11) is 0. The Balaban J connectivity index is 2.79. The Morgan fingerprint density at radius 3 is 2.33 bits per heavy atom. The van der Waals surface area contributed by atoms with Gasteiger partial charge in [-0.1, -0.05) is 13.8 Å². The van der Waals surface area contributed by atoms with Gasteiger partial charge in [0.15, 0.2) is 17.6 Å². The summed E-state index contributed by atoms with van der Waals surface area (Å²) in [5, 5.41) is 4.52. The van der Waals surface area contributed by atoms with E-state index >= 15 is 0 Å². The zero-order valence-corrected chi connectivity index (χ0v) is 16.5. The standard InChI is InChI=1S/C19H28N2O6/c1-6-20-19(24)21-17(22)13(5)27-18(23)14-8-9-15(26-11-12(3)4)16(10-14)25-7-2/h8-10,12-13H,6-7,11H2,1-5H3,(H2,20,21,22,24). The number of hydrogen-bond donors (Lipinski definition) is 2. The average molecular weight is 380 g/mol. The zero-order chi connectivity index (χ0) is 20.4. The summed E-state index contributed by atoms with van der Waals surface area (Å²) in [6, 6.07) is 4.03. The molecule has 1 rings (SSSR count). The Kier molecular flexibility index (Phi) is 9.12. The molecule has 0 radical (unpaired) electrons. The molecule has 8 heteroatoms. The van der Waals surface area contributed by atoms with E-state index in [9.17, 15) is 14.4 Å². The number of benzene rings is 1. The minimum atomic E-state index is -1.13. The molecule has 1 aromatic carbocycles. The summed E-state index contributed by atoms with van der Waals surface area (Å²) in [5.41, 5.74) is 0.216. The first-order valence-corrected chi connectivity index (χ1v) is 8.97. The number of ether oxygens (including phenoxy) is 3. The van der Waals surface area contributed by atoms with Gasteiger partial charge in [-0.25, -0.2) is 9.59 Å². The lowest BCUT2D eigenvalue weighted by atomic mass is 10.2. The van der Waals surface area contributed by atoms with E-state index in [1.54, 1.807) is 13.0 Å². The van der Waals surface area contributed by atoms with Crippen molar-refractivity contribution >= 4 is 17.9 Å². The van der Waals surface area contributed by atoms with Gasteiger partial charge < -0.3 is 19.5 Å². The van der Waals surface area contributed by atoms with Crippen LogP contribution in [-0.2, 0) is 9.53 Å². The fourth-order valence-electron chi connectivity index (χ4n) is 1.98. The second kappa shape index (κ2) is 11.1. The highest BCUT2D eigenvalue weighted by Crippen LogP contribution is 2.29. The maximum absolute atomic E-state index is 12.3. The third-order valence-corrected chi connectivity index (χ3v) is 3.28. The molecule has 0 fully saturated rings. The molecule has 1 aromatic rings. The molecular formula is C19H28N2O6. The number of nitrogens with one attached hydrogen (secondary N) is 2. The average Bonchev–Trinajstić information content (AvgIpc) is 2.60. The van der Waals surface area contributed by atoms with Gasteiger partial charge in [-0.15, -0.1) is 0 Å². The Morgan fingerprint density at radius 1 is 1.04 bits per heavy atom. The topological polar surface area (TPSA) is 103 Å². The number of rotatable bonds is 9. The Hall–Kier alpha value is -2.77. The minimum Gasteiger partial charge on any atom is -0.490 e. The van der Waals surface area contributed by atoms with Gasteiger partial charge in [0.2, 0.25) is 0 Å². The summed E-state index contributed by atoms with van der Waals surface area (Å²) >= 11 is 0. The van der Waals surface area contributed by atoms with Crippen LogP contribution in [0.1, 0.15) is 45.0 Å². The second-order valence-electron chi connectivity index (χ2n) is 6.20. The molecule has 8 nitrogen and oxygen atoms in total. The lowest BCUT2D eigenvalue weighted by Crippen LogP contribution is -2.44. The molecule has 1 unspecified atom stereocenters. The van der Waals surface area contributed by atoms with E-state index in [0.29, 0.717) is 37.2 Å². The summed E-state index contributed by atoms with van der Waals surface area (Å²) < 4.78 is 16.3. The van der Waals surface area contributed by atoms with Gasteiger partial charge in [0, 0.05) is 6.54 Å². The van der Waals surface area contributed by atoms with Crippen molar-refractivity contribution in [3.8, 4) is 11.5 Å². The highest BCUT2D eigenvalue weighted by Gasteiger charge is 2.21. The molecule has 0 aliphatic heterocycles. The molecule has 0 bridgehead atoms. The lowest BCUT2D eigenvalue weighted by Gasteiger charge is -2.16. The third kappa shape index (κ3) is 7.55. The number of amides is 3. The van der Waals surface area contributed by atoms with Crippen molar-refractivity contribution < 1.29 is 28.6 Å². The SMILES string of the molecule is CCNC(=O)NC(=O)C(C)OC(=O)c1ccc(OCC(C)C)c(OCC)c1. The van der Waals surface area contributed by atoms with Crippen LogP contribution >= 0.6 is 0 Å². The van der Waals surface area contributed by atoms with Gasteiger partial charge >= 0.3 is 12.0 Å². The van der Waals surface area contributed by atoms with Crippen molar-refractivity contribution in [2.45, 2.75) is 40.7 Å². The van der Waals surface area contributed by atoms with Crippen LogP contribution < -0.4 is 20.1 Å². The lowest BCUT2D eigenvalue weighted by molar-refractivity contribution is -0.127. The van der Waals surface area contributed by atoms with Crippen LogP contribution in [-0.4, -0.2) is 43.8 Å². The molecule has 0 saturated heterocycles. The van der Waals surface area contributed by atoms with Crippen molar-refractivity contribution in [3.05, 3.63) is 23.8 Å². The van der Waals surface area contributed by atoms with Gasteiger partial charge in [-0.2, -0.15) is 0 Å². The normalized spacial score (nSPS) is 11.5. The third-order valence-electron chi connectivity index (χ3n) is 3.28. The summed E-state index contributed by atoms with van der Waals surface area (Å²) in [4.78, 5) is 35.5. The van der Waals surface area contributed by atoms with Crippen LogP contribution in [0.15, 0.2) is 18.2 Å². The first-order valence-electron chi connectivity index (χ1n) is 8.97. The van der Waals surface area contributed by atoms with E-state index in [1.807, 2.05) is 20.8 Å². The van der Waals surface area contributed by atoms with E-state index < -0.39 is 24.0 Å². The molecule has 27 heavy (non-hydrogen) atoms. The monoisotopic (exact) mass is 380 g/mol. The number of carbonyl (C=O) groups excluding carboxylic acids is 3. The smallest absolute Gasteiger partial charge is 0.339 e. The van der Waals surface area contributed by atoms with Crippen molar-refractivity contribution in [1.82, 2.24) is 10.6 Å². The van der Waals surface area contributed by atoms with Crippen LogP contribution in [0, 0.1) is 5.92 Å².